The van der Waals surface area contributed by atoms with Gasteiger partial charge >= 0.3 is 0 Å². The standard InChI is InChI=1S/C15H24N2/c1-2-12(11-16)8-9-17-15-10-14(15)13-6-4-3-5-7-13/h3-7,12,14-15,17H,2,8-11,16H2,1H3. The number of nitrogens with one attached hydrogen (secondary N) is 1. The van der Waals surface area contributed by atoms with Crippen LogP contribution in [0, 0.1) is 5.92 Å². The second-order valence-electron chi connectivity index (χ2n) is 5.11. The van der Waals surface area contributed by atoms with E-state index in [1.165, 1.54) is 24.8 Å². The van der Waals surface area contributed by atoms with Gasteiger partial charge in [0.05, 0.1) is 0 Å². The summed E-state index contributed by atoms with van der Waals surface area (Å²) in [4.78, 5) is 0. The summed E-state index contributed by atoms with van der Waals surface area (Å²) in [6.07, 6.45) is 3.71. The molecular weight excluding hydrogens is 208 g/mol. The van der Waals surface area contributed by atoms with Gasteiger partial charge in [0, 0.05) is 12.0 Å². The molecule has 0 aliphatic heterocycles. The Bertz CT molecular complexity index is 319. The highest BCUT2D eigenvalue weighted by Gasteiger charge is 2.37. The molecule has 2 rings (SSSR count). The molecule has 3 N–H and O–H groups in total. The molecule has 0 aromatic heterocycles. The zero-order valence-electron chi connectivity index (χ0n) is 10.7. The molecule has 94 valence electrons. The molecule has 1 fully saturated rings. The Balaban J connectivity index is 1.67. The average Bonchev–Trinajstić information content (AvgIpc) is 3.15. The van der Waals surface area contributed by atoms with Gasteiger partial charge in [-0.3, -0.25) is 0 Å². The lowest BCUT2D eigenvalue weighted by Gasteiger charge is -2.12. The lowest BCUT2D eigenvalue weighted by molar-refractivity contribution is 0.458. The van der Waals surface area contributed by atoms with Gasteiger partial charge in [0.1, 0.15) is 0 Å². The minimum Gasteiger partial charge on any atom is -0.330 e. The van der Waals surface area contributed by atoms with Crippen LogP contribution in [0.25, 0.3) is 0 Å². The Morgan fingerprint density at radius 3 is 2.76 bits per heavy atom. The molecule has 0 amide bonds. The van der Waals surface area contributed by atoms with E-state index >= 15 is 0 Å². The van der Waals surface area contributed by atoms with Crippen LogP contribution in [0.1, 0.15) is 37.7 Å². The Morgan fingerprint density at radius 2 is 2.12 bits per heavy atom. The van der Waals surface area contributed by atoms with Gasteiger partial charge in [0.25, 0.3) is 0 Å². The zero-order chi connectivity index (χ0) is 12.1. The van der Waals surface area contributed by atoms with Crippen LogP contribution in [0.5, 0.6) is 0 Å². The number of hydrogen-bond donors (Lipinski definition) is 2. The van der Waals surface area contributed by atoms with Crippen molar-refractivity contribution in [2.75, 3.05) is 13.1 Å². The van der Waals surface area contributed by atoms with E-state index < -0.39 is 0 Å². The largest absolute Gasteiger partial charge is 0.330 e. The lowest BCUT2D eigenvalue weighted by atomic mass is 10.0. The van der Waals surface area contributed by atoms with E-state index in [4.69, 9.17) is 5.73 Å². The summed E-state index contributed by atoms with van der Waals surface area (Å²) in [5.74, 6) is 1.44. The van der Waals surface area contributed by atoms with Gasteiger partial charge in [-0.2, -0.15) is 0 Å². The third kappa shape index (κ3) is 3.55. The van der Waals surface area contributed by atoms with Gasteiger partial charge in [-0.15, -0.1) is 0 Å². The van der Waals surface area contributed by atoms with E-state index in [2.05, 4.69) is 42.6 Å². The van der Waals surface area contributed by atoms with Gasteiger partial charge in [-0.1, -0.05) is 43.7 Å². The summed E-state index contributed by atoms with van der Waals surface area (Å²) in [5, 5.41) is 3.65. The van der Waals surface area contributed by atoms with Crippen molar-refractivity contribution in [2.24, 2.45) is 11.7 Å². The Labute approximate surface area is 105 Å². The van der Waals surface area contributed by atoms with Crippen molar-refractivity contribution in [3.63, 3.8) is 0 Å². The number of benzene rings is 1. The van der Waals surface area contributed by atoms with Crippen molar-refractivity contribution < 1.29 is 0 Å². The molecule has 1 aromatic carbocycles. The van der Waals surface area contributed by atoms with Gasteiger partial charge in [0.15, 0.2) is 0 Å². The number of hydrogen-bond acceptors (Lipinski definition) is 2. The fourth-order valence-corrected chi connectivity index (χ4v) is 2.45. The highest BCUT2D eigenvalue weighted by molar-refractivity contribution is 5.27. The predicted molar refractivity (Wildman–Crippen MR) is 73.0 cm³/mol. The first-order valence-corrected chi connectivity index (χ1v) is 6.83. The highest BCUT2D eigenvalue weighted by Crippen LogP contribution is 2.40. The third-order valence-corrected chi connectivity index (χ3v) is 3.89. The van der Waals surface area contributed by atoms with Crippen molar-refractivity contribution in [3.05, 3.63) is 35.9 Å². The van der Waals surface area contributed by atoms with Gasteiger partial charge in [-0.25, -0.2) is 0 Å². The molecule has 3 unspecified atom stereocenters. The van der Waals surface area contributed by atoms with Gasteiger partial charge in [0.2, 0.25) is 0 Å². The molecule has 0 spiro atoms. The maximum absolute atomic E-state index is 5.71. The van der Waals surface area contributed by atoms with Gasteiger partial charge in [-0.05, 0) is 37.4 Å². The van der Waals surface area contributed by atoms with Crippen LogP contribution in [0.15, 0.2) is 30.3 Å². The topological polar surface area (TPSA) is 38.0 Å². The van der Waals surface area contributed by atoms with Crippen molar-refractivity contribution in [1.82, 2.24) is 5.32 Å². The van der Waals surface area contributed by atoms with Crippen LogP contribution in [-0.2, 0) is 0 Å². The van der Waals surface area contributed by atoms with E-state index in [-0.39, 0.29) is 0 Å². The molecular formula is C15H24N2. The maximum atomic E-state index is 5.71. The Hall–Kier alpha value is -0.860. The molecule has 2 heteroatoms. The van der Waals surface area contributed by atoms with E-state index in [0.29, 0.717) is 12.0 Å². The molecule has 1 aromatic rings. The maximum Gasteiger partial charge on any atom is 0.0143 e. The SMILES string of the molecule is CCC(CN)CCNC1CC1c1ccccc1. The number of nitrogens with two attached hydrogens (primary N) is 1. The summed E-state index contributed by atoms with van der Waals surface area (Å²) in [6, 6.07) is 11.5. The molecule has 3 atom stereocenters. The van der Waals surface area contributed by atoms with Crippen LogP contribution < -0.4 is 11.1 Å². The van der Waals surface area contributed by atoms with Crippen LogP contribution in [0.3, 0.4) is 0 Å². The van der Waals surface area contributed by atoms with Gasteiger partial charge < -0.3 is 11.1 Å². The van der Waals surface area contributed by atoms with E-state index in [9.17, 15) is 0 Å². The second-order valence-corrected chi connectivity index (χ2v) is 5.11. The lowest BCUT2D eigenvalue weighted by Crippen LogP contribution is -2.24. The van der Waals surface area contributed by atoms with Crippen LogP contribution in [-0.4, -0.2) is 19.1 Å². The normalized spacial score (nSPS) is 24.6. The molecule has 2 nitrogen and oxygen atoms in total. The molecule has 1 saturated carbocycles. The zero-order valence-corrected chi connectivity index (χ0v) is 10.7. The fraction of sp³-hybridized carbons (Fsp3) is 0.600. The first-order chi connectivity index (χ1) is 8.35. The summed E-state index contributed by atoms with van der Waals surface area (Å²) in [5.41, 5.74) is 7.19. The quantitative estimate of drug-likeness (QED) is 0.758. The predicted octanol–water partition coefficient (Wildman–Crippen LogP) is 2.51. The number of rotatable bonds is 7. The molecule has 0 heterocycles. The molecule has 1 aliphatic carbocycles. The monoisotopic (exact) mass is 232 g/mol. The van der Waals surface area contributed by atoms with Crippen LogP contribution in [0.2, 0.25) is 0 Å². The summed E-state index contributed by atoms with van der Waals surface area (Å²) < 4.78 is 0. The Morgan fingerprint density at radius 1 is 1.35 bits per heavy atom. The summed E-state index contributed by atoms with van der Waals surface area (Å²) in [7, 11) is 0. The molecule has 1 aliphatic rings. The average molecular weight is 232 g/mol. The third-order valence-electron chi connectivity index (χ3n) is 3.89. The molecule has 0 bridgehead atoms. The van der Waals surface area contributed by atoms with Crippen molar-refractivity contribution in [3.8, 4) is 0 Å². The van der Waals surface area contributed by atoms with E-state index in [1.54, 1.807) is 0 Å². The second kappa shape index (κ2) is 6.18. The summed E-state index contributed by atoms with van der Waals surface area (Å²) in [6.45, 7) is 4.16. The molecule has 0 radical (unpaired) electrons. The first kappa shape index (κ1) is 12.6. The van der Waals surface area contributed by atoms with Crippen molar-refractivity contribution in [1.29, 1.82) is 0 Å². The molecule has 0 saturated heterocycles. The van der Waals surface area contributed by atoms with E-state index in [0.717, 1.165) is 19.0 Å². The van der Waals surface area contributed by atoms with E-state index in [1.807, 2.05) is 0 Å². The summed E-state index contributed by atoms with van der Waals surface area (Å²) >= 11 is 0. The highest BCUT2D eigenvalue weighted by atomic mass is 15.0. The van der Waals surface area contributed by atoms with Crippen molar-refractivity contribution in [2.45, 2.75) is 38.1 Å². The Kier molecular flexibility index (Phi) is 4.57. The fourth-order valence-electron chi connectivity index (χ4n) is 2.45. The molecule has 17 heavy (non-hydrogen) atoms. The smallest absolute Gasteiger partial charge is 0.0143 e. The van der Waals surface area contributed by atoms with Crippen molar-refractivity contribution >= 4 is 0 Å². The minimum atomic E-state index is 0.691. The van der Waals surface area contributed by atoms with Crippen LogP contribution >= 0.6 is 0 Å². The first-order valence-electron chi connectivity index (χ1n) is 6.83. The van der Waals surface area contributed by atoms with Crippen LogP contribution in [0.4, 0.5) is 0 Å². The minimum absolute atomic E-state index is 0.691.